The van der Waals surface area contributed by atoms with Crippen LogP contribution in [0.3, 0.4) is 0 Å². The van der Waals surface area contributed by atoms with Gasteiger partial charge in [0.15, 0.2) is 0 Å². The number of hydrogen-bond acceptors (Lipinski definition) is 2. The molecule has 0 spiro atoms. The molecule has 0 atom stereocenters. The quantitative estimate of drug-likeness (QED) is 0.789. The molecule has 0 aliphatic rings. The first-order valence-corrected chi connectivity index (χ1v) is 6.65. The van der Waals surface area contributed by atoms with Gasteiger partial charge in [0.1, 0.15) is 17.4 Å². The van der Waals surface area contributed by atoms with E-state index in [1.807, 2.05) is 36.0 Å². The summed E-state index contributed by atoms with van der Waals surface area (Å²) in [6, 6.07) is 13.2. The molecule has 5 heteroatoms. The second-order valence-corrected chi connectivity index (χ2v) is 4.93. The number of nitriles is 1. The third-order valence-electron chi connectivity index (χ3n) is 3.50. The van der Waals surface area contributed by atoms with E-state index in [1.165, 1.54) is 12.1 Å². The summed E-state index contributed by atoms with van der Waals surface area (Å²) in [5.74, 6) is -0.415. The molecule has 0 saturated carbocycles. The molecule has 2 heterocycles. The maximum atomic E-state index is 13.5. The number of pyridine rings is 1. The molecule has 0 radical (unpaired) electrons. The summed E-state index contributed by atoms with van der Waals surface area (Å²) in [5.41, 5.74) is 1.79. The van der Waals surface area contributed by atoms with Crippen molar-refractivity contribution in [2.24, 2.45) is 7.05 Å². The van der Waals surface area contributed by atoms with Gasteiger partial charge in [0.2, 0.25) is 0 Å². The number of aromatic nitrogens is 2. The minimum absolute atomic E-state index is 0.0245. The van der Waals surface area contributed by atoms with Crippen LogP contribution < -0.4 is 5.56 Å². The largest absolute Gasteiger partial charge is 0.349 e. The highest BCUT2D eigenvalue weighted by Crippen LogP contribution is 2.26. The lowest BCUT2D eigenvalue weighted by atomic mass is 10.0. The third kappa shape index (κ3) is 2.31. The zero-order valence-corrected chi connectivity index (χ0v) is 11.8. The van der Waals surface area contributed by atoms with Crippen LogP contribution in [-0.2, 0) is 7.05 Å². The van der Waals surface area contributed by atoms with E-state index in [2.05, 4.69) is 4.98 Å². The summed E-state index contributed by atoms with van der Waals surface area (Å²) in [4.78, 5) is 14.9. The Labute approximate surface area is 126 Å². The van der Waals surface area contributed by atoms with E-state index in [-0.39, 0.29) is 5.56 Å². The van der Waals surface area contributed by atoms with Gasteiger partial charge in [0.25, 0.3) is 5.56 Å². The van der Waals surface area contributed by atoms with Crippen molar-refractivity contribution in [3.8, 4) is 28.6 Å². The molecule has 0 aliphatic carbocycles. The summed E-state index contributed by atoms with van der Waals surface area (Å²) in [6.45, 7) is 0. The molecule has 3 aromatic rings. The zero-order valence-electron chi connectivity index (χ0n) is 11.8. The number of halogens is 1. The molecular weight excluding hydrogens is 281 g/mol. The number of nitrogens with zero attached hydrogens (tertiary/aromatic N) is 2. The minimum atomic E-state index is -0.486. The third-order valence-corrected chi connectivity index (χ3v) is 3.50. The fraction of sp³-hybridized carbons (Fsp3) is 0.0588. The second kappa shape index (κ2) is 5.34. The first-order chi connectivity index (χ1) is 10.6. The molecule has 3 rings (SSSR count). The fourth-order valence-electron chi connectivity index (χ4n) is 2.43. The lowest BCUT2D eigenvalue weighted by Gasteiger charge is -2.09. The minimum Gasteiger partial charge on any atom is -0.349 e. The molecule has 0 bridgehead atoms. The molecule has 0 fully saturated rings. The topological polar surface area (TPSA) is 61.6 Å². The predicted molar refractivity (Wildman–Crippen MR) is 81.6 cm³/mol. The lowest BCUT2D eigenvalue weighted by molar-refractivity contribution is 0.628. The Hall–Kier alpha value is -3.13. The van der Waals surface area contributed by atoms with Gasteiger partial charge in [-0.05, 0) is 35.9 Å². The zero-order chi connectivity index (χ0) is 15.7. The molecule has 22 heavy (non-hydrogen) atoms. The highest BCUT2D eigenvalue weighted by atomic mass is 19.1. The number of aromatic amines is 1. The van der Waals surface area contributed by atoms with E-state index in [0.717, 1.165) is 5.69 Å². The van der Waals surface area contributed by atoms with Crippen LogP contribution in [0.5, 0.6) is 0 Å². The van der Waals surface area contributed by atoms with Gasteiger partial charge in [-0.1, -0.05) is 12.1 Å². The van der Waals surface area contributed by atoms with Crippen LogP contribution in [0.1, 0.15) is 5.56 Å². The Bertz CT molecular complexity index is 947. The monoisotopic (exact) mass is 293 g/mol. The smallest absolute Gasteiger partial charge is 0.267 e. The Kier molecular flexibility index (Phi) is 3.36. The molecule has 4 nitrogen and oxygen atoms in total. The first kappa shape index (κ1) is 13.8. The molecule has 2 aromatic heterocycles. The van der Waals surface area contributed by atoms with Crippen LogP contribution in [0, 0.1) is 17.1 Å². The molecule has 108 valence electrons. The Balaban J connectivity index is 2.29. The lowest BCUT2D eigenvalue weighted by Crippen LogP contribution is -2.13. The molecular formula is C17H12FN3O. The Morgan fingerprint density at radius 1 is 1.23 bits per heavy atom. The number of nitrogens with one attached hydrogen (secondary N) is 1. The standard InChI is InChI=1S/C17H12FN3O/c1-21-7-3-6-16(21)15-9-13(14(10-19)17(22)20-15)11-4-2-5-12(18)8-11/h2-9H,1H3,(H,20,22). The highest BCUT2D eigenvalue weighted by Gasteiger charge is 2.13. The van der Waals surface area contributed by atoms with Gasteiger partial charge in [0.05, 0.1) is 11.4 Å². The van der Waals surface area contributed by atoms with Gasteiger partial charge in [0, 0.05) is 18.8 Å². The Morgan fingerprint density at radius 3 is 2.68 bits per heavy atom. The molecule has 1 N–H and O–H groups in total. The van der Waals surface area contributed by atoms with Gasteiger partial charge in [-0.2, -0.15) is 5.26 Å². The van der Waals surface area contributed by atoms with Crippen LogP contribution in [0.25, 0.3) is 22.5 Å². The molecule has 1 aromatic carbocycles. The average molecular weight is 293 g/mol. The van der Waals surface area contributed by atoms with Crippen molar-refractivity contribution in [3.05, 3.63) is 70.4 Å². The average Bonchev–Trinajstić information content (AvgIpc) is 2.92. The summed E-state index contributed by atoms with van der Waals surface area (Å²) < 4.78 is 15.3. The maximum absolute atomic E-state index is 13.5. The predicted octanol–water partition coefficient (Wildman–Crippen LogP) is 3.06. The van der Waals surface area contributed by atoms with Crippen LogP contribution >= 0.6 is 0 Å². The first-order valence-electron chi connectivity index (χ1n) is 6.65. The maximum Gasteiger partial charge on any atom is 0.267 e. The Morgan fingerprint density at radius 2 is 2.05 bits per heavy atom. The van der Waals surface area contributed by atoms with E-state index in [0.29, 0.717) is 16.8 Å². The molecule has 0 unspecified atom stereocenters. The van der Waals surface area contributed by atoms with E-state index in [9.17, 15) is 14.4 Å². The van der Waals surface area contributed by atoms with Crippen LogP contribution in [0.4, 0.5) is 4.39 Å². The molecule has 0 amide bonds. The summed E-state index contributed by atoms with van der Waals surface area (Å²) in [6.07, 6.45) is 1.85. The van der Waals surface area contributed by atoms with Crippen molar-refractivity contribution in [2.75, 3.05) is 0 Å². The number of aryl methyl sites for hydroxylation is 1. The van der Waals surface area contributed by atoms with Crippen molar-refractivity contribution < 1.29 is 4.39 Å². The number of H-pyrrole nitrogens is 1. The van der Waals surface area contributed by atoms with Gasteiger partial charge in [-0.25, -0.2) is 4.39 Å². The van der Waals surface area contributed by atoms with Crippen LogP contribution in [0.15, 0.2) is 53.5 Å². The molecule has 0 aliphatic heterocycles. The van der Waals surface area contributed by atoms with Crippen molar-refractivity contribution in [2.45, 2.75) is 0 Å². The fourth-order valence-corrected chi connectivity index (χ4v) is 2.43. The van der Waals surface area contributed by atoms with Crippen molar-refractivity contribution in [1.29, 1.82) is 5.26 Å². The highest BCUT2D eigenvalue weighted by molar-refractivity contribution is 5.74. The van der Waals surface area contributed by atoms with E-state index in [1.54, 1.807) is 18.2 Å². The van der Waals surface area contributed by atoms with Crippen molar-refractivity contribution in [1.82, 2.24) is 9.55 Å². The van der Waals surface area contributed by atoms with Gasteiger partial charge in [-0.15, -0.1) is 0 Å². The van der Waals surface area contributed by atoms with E-state index >= 15 is 0 Å². The number of benzene rings is 1. The van der Waals surface area contributed by atoms with Gasteiger partial charge >= 0.3 is 0 Å². The van der Waals surface area contributed by atoms with E-state index in [4.69, 9.17) is 0 Å². The summed E-state index contributed by atoms with van der Waals surface area (Å²) in [7, 11) is 1.85. The van der Waals surface area contributed by atoms with Gasteiger partial charge < -0.3 is 9.55 Å². The number of rotatable bonds is 2. The van der Waals surface area contributed by atoms with E-state index < -0.39 is 11.4 Å². The summed E-state index contributed by atoms with van der Waals surface area (Å²) >= 11 is 0. The van der Waals surface area contributed by atoms with Crippen LogP contribution in [-0.4, -0.2) is 9.55 Å². The van der Waals surface area contributed by atoms with Crippen molar-refractivity contribution in [3.63, 3.8) is 0 Å². The van der Waals surface area contributed by atoms with Gasteiger partial charge in [-0.3, -0.25) is 4.79 Å². The number of hydrogen-bond donors (Lipinski definition) is 1. The normalized spacial score (nSPS) is 10.4. The van der Waals surface area contributed by atoms with Crippen molar-refractivity contribution >= 4 is 0 Å². The second-order valence-electron chi connectivity index (χ2n) is 4.93. The molecule has 0 saturated heterocycles. The summed E-state index contributed by atoms with van der Waals surface area (Å²) in [5, 5.41) is 9.24. The van der Waals surface area contributed by atoms with Crippen LogP contribution in [0.2, 0.25) is 0 Å². The SMILES string of the molecule is Cn1cccc1-c1cc(-c2cccc(F)c2)c(C#N)c(=O)[nH]1.